The molecule has 4 rings (SSSR count). The van der Waals surface area contributed by atoms with Gasteiger partial charge in [0.1, 0.15) is 5.69 Å². The van der Waals surface area contributed by atoms with Crippen molar-refractivity contribution >= 4 is 11.8 Å². The summed E-state index contributed by atoms with van der Waals surface area (Å²) < 4.78 is 1.95. The summed E-state index contributed by atoms with van der Waals surface area (Å²) in [5.74, 6) is 0.0515. The van der Waals surface area contributed by atoms with Crippen LogP contribution in [0.25, 0.3) is 0 Å². The topological polar surface area (TPSA) is 80.1 Å². The van der Waals surface area contributed by atoms with Crippen molar-refractivity contribution in [3.05, 3.63) is 48.5 Å². The third kappa shape index (κ3) is 4.18. The normalized spacial score (nSPS) is 18.9. The fourth-order valence-corrected chi connectivity index (χ4v) is 3.72. The molecule has 1 saturated carbocycles. The number of hydrogen-bond acceptors (Lipinski definition) is 4. The van der Waals surface area contributed by atoms with Crippen LogP contribution < -0.4 is 5.32 Å². The number of rotatable bonds is 6. The second-order valence-corrected chi connectivity index (χ2v) is 7.70. The lowest BCUT2D eigenvalue weighted by Gasteiger charge is -2.31. The summed E-state index contributed by atoms with van der Waals surface area (Å²) in [7, 11) is 0. The van der Waals surface area contributed by atoms with Crippen LogP contribution in [0.5, 0.6) is 0 Å². The summed E-state index contributed by atoms with van der Waals surface area (Å²) in [5.41, 5.74) is 0.631. The van der Waals surface area contributed by atoms with E-state index in [4.69, 9.17) is 0 Å². The van der Waals surface area contributed by atoms with E-state index in [1.165, 1.54) is 0 Å². The lowest BCUT2D eigenvalue weighted by atomic mass is 9.95. The number of aromatic nitrogens is 3. The predicted octanol–water partition coefficient (Wildman–Crippen LogP) is 1.73. The third-order valence-corrected chi connectivity index (χ3v) is 5.69. The van der Waals surface area contributed by atoms with Gasteiger partial charge in [-0.25, -0.2) is 0 Å². The molecule has 3 heterocycles. The molecule has 0 radical (unpaired) electrons. The van der Waals surface area contributed by atoms with Gasteiger partial charge in [-0.1, -0.05) is 6.07 Å². The molecule has 2 aromatic heterocycles. The van der Waals surface area contributed by atoms with Gasteiger partial charge in [0.2, 0.25) is 5.91 Å². The quantitative estimate of drug-likeness (QED) is 0.843. The van der Waals surface area contributed by atoms with Crippen LogP contribution >= 0.6 is 0 Å². The highest BCUT2D eigenvalue weighted by atomic mass is 16.2. The molecular weight excluding hydrogens is 342 g/mol. The minimum atomic E-state index is -0.0504. The molecule has 2 aliphatic rings. The molecular formula is C20H25N5O2. The summed E-state index contributed by atoms with van der Waals surface area (Å²) in [6.07, 6.45) is 9.05. The van der Waals surface area contributed by atoms with E-state index in [1.54, 1.807) is 29.4 Å². The Morgan fingerprint density at radius 3 is 2.59 bits per heavy atom. The van der Waals surface area contributed by atoms with Gasteiger partial charge in [0.15, 0.2) is 0 Å². The summed E-state index contributed by atoms with van der Waals surface area (Å²) in [4.78, 5) is 30.9. The molecule has 27 heavy (non-hydrogen) atoms. The molecule has 142 valence electrons. The second-order valence-electron chi connectivity index (χ2n) is 7.70. The number of amides is 2. The highest BCUT2D eigenvalue weighted by Gasteiger charge is 2.43. The van der Waals surface area contributed by atoms with E-state index in [0.29, 0.717) is 38.2 Å². The molecule has 2 fully saturated rings. The van der Waals surface area contributed by atoms with E-state index >= 15 is 0 Å². The minimum Gasteiger partial charge on any atom is -0.355 e. The molecule has 7 nitrogen and oxygen atoms in total. The number of carbonyl (C=O) groups excluding carboxylic acids is 2. The van der Waals surface area contributed by atoms with E-state index in [-0.39, 0.29) is 23.1 Å². The van der Waals surface area contributed by atoms with Crippen LogP contribution in [0.1, 0.15) is 36.2 Å². The lowest BCUT2D eigenvalue weighted by Crippen LogP contribution is -2.44. The summed E-state index contributed by atoms with van der Waals surface area (Å²) in [6.45, 7) is 2.77. The van der Waals surface area contributed by atoms with Crippen LogP contribution in [0.3, 0.4) is 0 Å². The van der Waals surface area contributed by atoms with Gasteiger partial charge in [0.25, 0.3) is 5.91 Å². The maximum Gasteiger partial charge on any atom is 0.272 e. The molecule has 0 atom stereocenters. The monoisotopic (exact) mass is 367 g/mol. The van der Waals surface area contributed by atoms with Crippen LogP contribution in [-0.2, 0) is 11.3 Å². The number of carbonyl (C=O) groups is 2. The van der Waals surface area contributed by atoms with Crippen LogP contribution in [0, 0.1) is 11.3 Å². The zero-order chi connectivity index (χ0) is 18.7. The van der Waals surface area contributed by atoms with Crippen LogP contribution in [0.2, 0.25) is 0 Å². The van der Waals surface area contributed by atoms with E-state index in [2.05, 4.69) is 15.4 Å². The highest BCUT2D eigenvalue weighted by molar-refractivity contribution is 5.92. The largest absolute Gasteiger partial charge is 0.355 e. The Hall–Kier alpha value is -2.70. The molecule has 0 unspecified atom stereocenters. The van der Waals surface area contributed by atoms with E-state index in [1.807, 2.05) is 23.0 Å². The van der Waals surface area contributed by atoms with Crippen molar-refractivity contribution < 1.29 is 9.59 Å². The van der Waals surface area contributed by atoms with Crippen molar-refractivity contribution in [2.24, 2.45) is 11.3 Å². The Morgan fingerprint density at radius 1 is 1.15 bits per heavy atom. The first-order chi connectivity index (χ1) is 13.2. The van der Waals surface area contributed by atoms with Crippen LogP contribution in [0.4, 0.5) is 0 Å². The molecule has 0 spiro atoms. The van der Waals surface area contributed by atoms with Crippen molar-refractivity contribution in [3.8, 4) is 0 Å². The zero-order valence-corrected chi connectivity index (χ0v) is 15.4. The Bertz CT molecular complexity index is 778. The van der Waals surface area contributed by atoms with Crippen molar-refractivity contribution in [1.29, 1.82) is 0 Å². The fraction of sp³-hybridized carbons (Fsp3) is 0.500. The first-order valence-corrected chi connectivity index (χ1v) is 9.61. The van der Waals surface area contributed by atoms with Crippen molar-refractivity contribution in [2.75, 3.05) is 19.6 Å². The lowest BCUT2D eigenvalue weighted by molar-refractivity contribution is -0.126. The molecule has 1 saturated heterocycles. The number of nitrogens with zero attached hydrogens (tertiary/aromatic N) is 4. The number of pyridine rings is 1. The first-order valence-electron chi connectivity index (χ1n) is 9.61. The van der Waals surface area contributed by atoms with Crippen LogP contribution in [-0.4, -0.2) is 51.1 Å². The third-order valence-electron chi connectivity index (χ3n) is 5.69. The number of piperidine rings is 1. The molecule has 7 heteroatoms. The average Bonchev–Trinajstić information content (AvgIpc) is 3.29. The fourth-order valence-electron chi connectivity index (χ4n) is 3.72. The average molecular weight is 367 g/mol. The minimum absolute atomic E-state index is 0.0155. The maximum atomic E-state index is 12.6. The summed E-state index contributed by atoms with van der Waals surface area (Å²) in [5, 5.41) is 7.42. The summed E-state index contributed by atoms with van der Waals surface area (Å²) in [6, 6.07) is 7.27. The Labute approximate surface area is 158 Å². The van der Waals surface area contributed by atoms with Gasteiger partial charge in [0.05, 0.1) is 0 Å². The Kier molecular flexibility index (Phi) is 4.92. The molecule has 1 N–H and O–H groups in total. The van der Waals surface area contributed by atoms with Crippen molar-refractivity contribution in [1.82, 2.24) is 25.0 Å². The van der Waals surface area contributed by atoms with Gasteiger partial charge in [-0.2, -0.15) is 5.10 Å². The Balaban J connectivity index is 1.24. The molecule has 2 aromatic rings. The smallest absolute Gasteiger partial charge is 0.272 e. The van der Waals surface area contributed by atoms with Gasteiger partial charge >= 0.3 is 0 Å². The van der Waals surface area contributed by atoms with Crippen molar-refractivity contribution in [3.63, 3.8) is 0 Å². The van der Waals surface area contributed by atoms with E-state index in [9.17, 15) is 9.59 Å². The molecule has 1 aliphatic carbocycles. The SMILES string of the molecule is O=C(NCC1(Cn2cccn2)CC1)C1CCN(C(=O)c2ccccn2)CC1. The predicted molar refractivity (Wildman–Crippen MR) is 99.8 cm³/mol. The van der Waals surface area contributed by atoms with Gasteiger partial charge in [0, 0.05) is 56.1 Å². The number of hydrogen-bond donors (Lipinski definition) is 1. The van der Waals surface area contributed by atoms with E-state index in [0.717, 1.165) is 19.4 Å². The molecule has 2 amide bonds. The van der Waals surface area contributed by atoms with E-state index < -0.39 is 0 Å². The van der Waals surface area contributed by atoms with Crippen LogP contribution in [0.15, 0.2) is 42.9 Å². The zero-order valence-electron chi connectivity index (χ0n) is 15.4. The molecule has 0 aromatic carbocycles. The first kappa shape index (κ1) is 17.7. The molecule has 1 aliphatic heterocycles. The Morgan fingerprint density at radius 2 is 1.96 bits per heavy atom. The van der Waals surface area contributed by atoms with Gasteiger partial charge in [-0.3, -0.25) is 19.3 Å². The molecule has 0 bridgehead atoms. The summed E-state index contributed by atoms with van der Waals surface area (Å²) >= 11 is 0. The number of nitrogens with one attached hydrogen (secondary N) is 1. The van der Waals surface area contributed by atoms with Crippen molar-refractivity contribution in [2.45, 2.75) is 32.2 Å². The highest BCUT2D eigenvalue weighted by Crippen LogP contribution is 2.46. The van der Waals surface area contributed by atoms with Gasteiger partial charge < -0.3 is 10.2 Å². The van der Waals surface area contributed by atoms with Gasteiger partial charge in [-0.05, 0) is 43.9 Å². The standard InChI is InChI=1S/C20H25N5O2/c26-18(22-14-20(7-8-20)15-25-11-3-10-23-25)16-5-12-24(13-6-16)19(27)17-4-1-2-9-21-17/h1-4,9-11,16H,5-8,12-15H2,(H,22,26). The second kappa shape index (κ2) is 7.50. The van der Waals surface area contributed by atoms with Gasteiger partial charge in [-0.15, -0.1) is 0 Å². The maximum absolute atomic E-state index is 12.6. The number of likely N-dealkylation sites (tertiary alicyclic amines) is 1.